The van der Waals surface area contributed by atoms with Gasteiger partial charge >= 0.3 is 0 Å². The highest BCUT2D eigenvalue weighted by atomic mass is 16.5. The van der Waals surface area contributed by atoms with E-state index in [-0.39, 0.29) is 0 Å². The zero-order valence-corrected chi connectivity index (χ0v) is 12.2. The van der Waals surface area contributed by atoms with Crippen molar-refractivity contribution in [3.05, 3.63) is 31.0 Å². The van der Waals surface area contributed by atoms with E-state index >= 15 is 0 Å². The molecule has 0 saturated carbocycles. The number of aromatic nitrogens is 5. The molecule has 0 atom stereocenters. The van der Waals surface area contributed by atoms with Crippen LogP contribution < -0.4 is 10.1 Å². The molecule has 0 bridgehead atoms. The third kappa shape index (κ3) is 2.81. The molecule has 7 heteroatoms. The molecule has 3 aromatic heterocycles. The maximum atomic E-state index is 5.85. The third-order valence-corrected chi connectivity index (χ3v) is 2.98. The van der Waals surface area contributed by atoms with Crippen LogP contribution in [-0.4, -0.2) is 30.7 Å². The van der Waals surface area contributed by atoms with Gasteiger partial charge in [0.15, 0.2) is 5.75 Å². The van der Waals surface area contributed by atoms with E-state index in [4.69, 9.17) is 4.74 Å². The molecule has 0 fully saturated rings. The maximum absolute atomic E-state index is 5.85. The Bertz CT molecular complexity index is 732. The summed E-state index contributed by atoms with van der Waals surface area (Å²) in [6.45, 7) is 5.79. The van der Waals surface area contributed by atoms with E-state index in [0.717, 1.165) is 25.3 Å². The van der Waals surface area contributed by atoms with E-state index < -0.39 is 0 Å². The summed E-state index contributed by atoms with van der Waals surface area (Å²) in [6, 6.07) is 0. The minimum Gasteiger partial charge on any atom is -0.432 e. The maximum Gasteiger partial charge on any atom is 0.265 e. The molecule has 110 valence electrons. The summed E-state index contributed by atoms with van der Waals surface area (Å²) in [4.78, 5) is 8.74. The minimum absolute atomic E-state index is 0.467. The topological polar surface area (TPSA) is 69.3 Å². The van der Waals surface area contributed by atoms with E-state index in [9.17, 15) is 0 Å². The molecule has 3 rings (SSSR count). The zero-order valence-electron chi connectivity index (χ0n) is 12.2. The molecule has 7 nitrogen and oxygen atoms in total. The summed E-state index contributed by atoms with van der Waals surface area (Å²) in [5.74, 6) is 1.88. The average Bonchev–Trinajstić information content (AvgIpc) is 3.09. The lowest BCUT2D eigenvalue weighted by Crippen LogP contribution is -2.03. The van der Waals surface area contributed by atoms with Crippen molar-refractivity contribution in [2.45, 2.75) is 26.8 Å². The number of hydrogen-bond donors (Lipinski definition) is 1. The van der Waals surface area contributed by atoms with Crippen LogP contribution in [0, 0.1) is 0 Å². The van der Waals surface area contributed by atoms with Crippen molar-refractivity contribution in [2.75, 3.05) is 11.9 Å². The number of nitrogens with zero attached hydrogens (tertiary/aromatic N) is 5. The van der Waals surface area contributed by atoms with Gasteiger partial charge in [0.05, 0.1) is 18.6 Å². The Morgan fingerprint density at radius 1 is 1.29 bits per heavy atom. The van der Waals surface area contributed by atoms with Crippen LogP contribution in [0.2, 0.25) is 0 Å². The van der Waals surface area contributed by atoms with Crippen LogP contribution in [0.15, 0.2) is 31.0 Å². The van der Waals surface area contributed by atoms with E-state index in [0.29, 0.717) is 17.3 Å². The molecular weight excluding hydrogens is 268 g/mol. The summed E-state index contributed by atoms with van der Waals surface area (Å²) in [7, 11) is 0. The Kier molecular flexibility index (Phi) is 3.72. The first-order chi connectivity index (χ1) is 10.3. The molecule has 0 saturated heterocycles. The lowest BCUT2D eigenvalue weighted by Gasteiger charge is -2.08. The van der Waals surface area contributed by atoms with Gasteiger partial charge < -0.3 is 10.1 Å². The van der Waals surface area contributed by atoms with Crippen molar-refractivity contribution < 1.29 is 4.74 Å². The lowest BCUT2D eigenvalue weighted by molar-refractivity contribution is 0.464. The van der Waals surface area contributed by atoms with Gasteiger partial charge in [-0.1, -0.05) is 6.92 Å². The van der Waals surface area contributed by atoms with Crippen molar-refractivity contribution in [1.82, 2.24) is 24.1 Å². The van der Waals surface area contributed by atoms with Crippen LogP contribution in [0.4, 0.5) is 5.82 Å². The van der Waals surface area contributed by atoms with Gasteiger partial charge in [-0.25, -0.2) is 4.98 Å². The summed E-state index contributed by atoms with van der Waals surface area (Å²) in [6.07, 6.45) is 10.1. The van der Waals surface area contributed by atoms with Crippen molar-refractivity contribution in [1.29, 1.82) is 0 Å². The first kappa shape index (κ1) is 13.4. The van der Waals surface area contributed by atoms with Crippen LogP contribution in [0.5, 0.6) is 11.6 Å². The first-order valence-electron chi connectivity index (χ1n) is 7.08. The quantitative estimate of drug-likeness (QED) is 0.754. The van der Waals surface area contributed by atoms with Gasteiger partial charge in [0.1, 0.15) is 5.82 Å². The van der Waals surface area contributed by atoms with E-state index in [1.807, 2.05) is 34.6 Å². The highest BCUT2D eigenvalue weighted by Gasteiger charge is 2.11. The Balaban J connectivity index is 1.92. The van der Waals surface area contributed by atoms with Crippen molar-refractivity contribution in [3.63, 3.8) is 0 Å². The monoisotopic (exact) mass is 286 g/mol. The van der Waals surface area contributed by atoms with Gasteiger partial charge in [0.2, 0.25) is 5.65 Å². The van der Waals surface area contributed by atoms with Crippen LogP contribution in [-0.2, 0) is 6.54 Å². The number of ether oxygens (including phenoxy) is 1. The summed E-state index contributed by atoms with van der Waals surface area (Å²) in [5.41, 5.74) is 0.680. The van der Waals surface area contributed by atoms with Gasteiger partial charge in [-0.2, -0.15) is 10.1 Å². The Hall–Kier alpha value is -2.57. The van der Waals surface area contributed by atoms with E-state index in [1.165, 1.54) is 0 Å². The number of rotatable bonds is 6. The number of nitrogens with one attached hydrogen (secondary N) is 1. The molecule has 3 heterocycles. The van der Waals surface area contributed by atoms with Crippen LogP contribution >= 0.6 is 0 Å². The fourth-order valence-electron chi connectivity index (χ4n) is 2.10. The molecule has 0 aliphatic carbocycles. The third-order valence-electron chi connectivity index (χ3n) is 2.98. The number of hydrogen-bond acceptors (Lipinski definition) is 5. The lowest BCUT2D eigenvalue weighted by atomic mass is 10.5. The number of anilines is 1. The predicted octanol–water partition coefficient (Wildman–Crippen LogP) is 2.56. The fraction of sp³-hybridized carbons (Fsp3) is 0.357. The van der Waals surface area contributed by atoms with Crippen molar-refractivity contribution >= 4 is 11.5 Å². The molecule has 0 spiro atoms. The Labute approximate surface area is 122 Å². The molecule has 0 radical (unpaired) electrons. The van der Waals surface area contributed by atoms with E-state index in [2.05, 4.69) is 27.3 Å². The number of aryl methyl sites for hydroxylation is 1. The highest BCUT2D eigenvalue weighted by molar-refractivity contribution is 5.54. The Morgan fingerprint density at radius 3 is 3.00 bits per heavy atom. The normalized spacial score (nSPS) is 11.0. The van der Waals surface area contributed by atoms with Crippen LogP contribution in [0.1, 0.15) is 20.3 Å². The molecule has 0 aromatic carbocycles. The van der Waals surface area contributed by atoms with Gasteiger partial charge in [0.25, 0.3) is 5.88 Å². The SMILES string of the molecule is CCCn1cc(Oc2nc(NCC)cn3ccnc23)cn1. The standard InChI is InChI=1S/C14H18N6O/c1-3-6-20-9-11(8-17-20)21-14-13-16-5-7-19(13)10-12(18-14)15-4-2/h5,7-10,15H,3-4,6H2,1-2H3. The molecule has 0 unspecified atom stereocenters. The first-order valence-corrected chi connectivity index (χ1v) is 7.08. The van der Waals surface area contributed by atoms with Gasteiger partial charge in [-0.05, 0) is 13.3 Å². The molecule has 0 aliphatic rings. The van der Waals surface area contributed by atoms with E-state index in [1.54, 1.807) is 12.4 Å². The van der Waals surface area contributed by atoms with Gasteiger partial charge in [-0.3, -0.25) is 9.08 Å². The average molecular weight is 286 g/mol. The summed E-state index contributed by atoms with van der Waals surface area (Å²) >= 11 is 0. The number of imidazole rings is 1. The second kappa shape index (κ2) is 5.82. The minimum atomic E-state index is 0.467. The second-order valence-electron chi connectivity index (χ2n) is 4.66. The molecule has 0 amide bonds. The van der Waals surface area contributed by atoms with Crippen LogP contribution in [0.3, 0.4) is 0 Å². The largest absolute Gasteiger partial charge is 0.432 e. The Morgan fingerprint density at radius 2 is 2.19 bits per heavy atom. The molecular formula is C14H18N6O. The molecule has 1 N–H and O–H groups in total. The van der Waals surface area contributed by atoms with Crippen molar-refractivity contribution in [3.8, 4) is 11.6 Å². The number of fused-ring (bicyclic) bond motifs is 1. The highest BCUT2D eigenvalue weighted by Crippen LogP contribution is 2.24. The van der Waals surface area contributed by atoms with Gasteiger partial charge in [0, 0.05) is 25.5 Å². The smallest absolute Gasteiger partial charge is 0.265 e. The van der Waals surface area contributed by atoms with Crippen molar-refractivity contribution in [2.24, 2.45) is 0 Å². The van der Waals surface area contributed by atoms with Crippen LogP contribution in [0.25, 0.3) is 5.65 Å². The fourth-order valence-corrected chi connectivity index (χ4v) is 2.10. The summed E-state index contributed by atoms with van der Waals surface area (Å²) < 4.78 is 9.59. The predicted molar refractivity (Wildman–Crippen MR) is 79.7 cm³/mol. The summed E-state index contributed by atoms with van der Waals surface area (Å²) in [5, 5.41) is 7.43. The molecule has 0 aliphatic heterocycles. The second-order valence-corrected chi connectivity index (χ2v) is 4.66. The molecule has 21 heavy (non-hydrogen) atoms. The zero-order chi connectivity index (χ0) is 14.7. The van der Waals surface area contributed by atoms with Gasteiger partial charge in [-0.15, -0.1) is 0 Å². The molecule has 3 aromatic rings.